The minimum Gasteiger partial charge on any atom is -0.355 e. The monoisotopic (exact) mass is 297 g/mol. The highest BCUT2D eigenvalue weighted by molar-refractivity contribution is 6.14. The fourth-order valence-corrected chi connectivity index (χ4v) is 2.54. The number of benzene rings is 1. The first-order valence-electron chi connectivity index (χ1n) is 7.61. The van der Waals surface area contributed by atoms with Gasteiger partial charge in [0, 0.05) is 18.1 Å². The second-order valence-electron chi connectivity index (χ2n) is 5.67. The van der Waals surface area contributed by atoms with Crippen LogP contribution in [0.5, 0.6) is 0 Å². The normalized spacial score (nSPS) is 15.3. The molecule has 1 saturated carbocycles. The van der Waals surface area contributed by atoms with E-state index in [1.165, 1.54) is 0 Å². The maximum atomic E-state index is 12.5. The van der Waals surface area contributed by atoms with Gasteiger partial charge in [0.1, 0.15) is 5.41 Å². The van der Waals surface area contributed by atoms with E-state index in [4.69, 9.17) is 0 Å². The molecule has 2 amide bonds. The summed E-state index contributed by atoms with van der Waals surface area (Å²) in [5, 5.41) is 6.67. The van der Waals surface area contributed by atoms with Gasteiger partial charge in [-0.05, 0) is 31.4 Å². The molecule has 0 bridgehead atoms. The van der Waals surface area contributed by atoms with Gasteiger partial charge in [0.05, 0.1) is 11.2 Å². The number of aromatic nitrogens is 1. The van der Waals surface area contributed by atoms with Gasteiger partial charge in [-0.2, -0.15) is 0 Å². The predicted molar refractivity (Wildman–Crippen MR) is 85.3 cm³/mol. The molecule has 5 heteroatoms. The summed E-state index contributed by atoms with van der Waals surface area (Å²) in [4.78, 5) is 29.1. The number of fused-ring (bicyclic) bond motifs is 1. The Bertz CT molecular complexity index is 717. The summed E-state index contributed by atoms with van der Waals surface area (Å²) in [5.74, 6) is -0.403. The van der Waals surface area contributed by atoms with Crippen LogP contribution in [0, 0.1) is 5.41 Å². The van der Waals surface area contributed by atoms with Crippen molar-refractivity contribution >= 4 is 28.4 Å². The molecule has 1 aliphatic carbocycles. The molecule has 5 nitrogen and oxygen atoms in total. The van der Waals surface area contributed by atoms with Crippen LogP contribution in [-0.4, -0.2) is 23.3 Å². The van der Waals surface area contributed by atoms with E-state index in [1.54, 1.807) is 6.20 Å². The van der Waals surface area contributed by atoms with Crippen LogP contribution >= 0.6 is 0 Å². The molecule has 22 heavy (non-hydrogen) atoms. The molecule has 0 aliphatic heterocycles. The maximum absolute atomic E-state index is 12.5. The number of para-hydroxylation sites is 1. The SMILES string of the molecule is CCCNC(=O)C1(C(=O)Nc2cccc3cccnc23)CC1. The minimum atomic E-state index is -0.897. The van der Waals surface area contributed by atoms with E-state index in [-0.39, 0.29) is 11.8 Å². The van der Waals surface area contributed by atoms with E-state index in [2.05, 4.69) is 15.6 Å². The van der Waals surface area contributed by atoms with Crippen molar-refractivity contribution in [3.8, 4) is 0 Å². The number of nitrogens with zero attached hydrogens (tertiary/aromatic N) is 1. The smallest absolute Gasteiger partial charge is 0.240 e. The van der Waals surface area contributed by atoms with Crippen LogP contribution < -0.4 is 10.6 Å². The van der Waals surface area contributed by atoms with Crippen LogP contribution in [0.1, 0.15) is 26.2 Å². The number of hydrogen-bond acceptors (Lipinski definition) is 3. The molecular weight excluding hydrogens is 278 g/mol. The highest BCUT2D eigenvalue weighted by atomic mass is 16.2. The van der Waals surface area contributed by atoms with Crippen molar-refractivity contribution in [3.63, 3.8) is 0 Å². The Hall–Kier alpha value is -2.43. The number of nitrogens with one attached hydrogen (secondary N) is 2. The third-order valence-corrected chi connectivity index (χ3v) is 4.04. The number of carbonyl (C=O) groups is 2. The lowest BCUT2D eigenvalue weighted by atomic mass is 10.0. The Morgan fingerprint density at radius 1 is 1.18 bits per heavy atom. The number of hydrogen-bond donors (Lipinski definition) is 2. The standard InChI is InChI=1S/C17H19N3O2/c1-2-10-19-15(21)17(8-9-17)16(22)20-13-7-3-5-12-6-4-11-18-14(12)13/h3-7,11H,2,8-10H2,1H3,(H,19,21)(H,20,22). The van der Waals surface area contributed by atoms with Crippen molar-refractivity contribution in [2.75, 3.05) is 11.9 Å². The van der Waals surface area contributed by atoms with E-state index >= 15 is 0 Å². The summed E-state index contributed by atoms with van der Waals surface area (Å²) in [6.45, 7) is 2.59. The molecule has 1 heterocycles. The van der Waals surface area contributed by atoms with Gasteiger partial charge in [0.25, 0.3) is 0 Å². The fraction of sp³-hybridized carbons (Fsp3) is 0.353. The molecule has 114 valence electrons. The van der Waals surface area contributed by atoms with Crippen LogP contribution in [0.2, 0.25) is 0 Å². The number of rotatable bonds is 5. The molecule has 1 aromatic carbocycles. The lowest BCUT2D eigenvalue weighted by Gasteiger charge is -2.15. The molecule has 0 atom stereocenters. The van der Waals surface area contributed by atoms with E-state index in [0.717, 1.165) is 17.3 Å². The molecule has 1 fully saturated rings. The summed E-state index contributed by atoms with van der Waals surface area (Å²) < 4.78 is 0. The minimum absolute atomic E-state index is 0.167. The zero-order valence-electron chi connectivity index (χ0n) is 12.6. The van der Waals surface area contributed by atoms with Crippen LogP contribution in [-0.2, 0) is 9.59 Å². The summed E-state index contributed by atoms with van der Waals surface area (Å²) in [6, 6.07) is 9.43. The van der Waals surface area contributed by atoms with Crippen molar-refractivity contribution in [3.05, 3.63) is 36.5 Å². The highest BCUT2D eigenvalue weighted by Crippen LogP contribution is 2.47. The second-order valence-corrected chi connectivity index (χ2v) is 5.67. The largest absolute Gasteiger partial charge is 0.355 e. The van der Waals surface area contributed by atoms with Gasteiger partial charge < -0.3 is 10.6 Å². The lowest BCUT2D eigenvalue weighted by Crippen LogP contribution is -2.40. The average molecular weight is 297 g/mol. The van der Waals surface area contributed by atoms with Crippen LogP contribution in [0.3, 0.4) is 0 Å². The van der Waals surface area contributed by atoms with Crippen LogP contribution in [0.25, 0.3) is 10.9 Å². The summed E-state index contributed by atoms with van der Waals surface area (Å²) >= 11 is 0. The predicted octanol–water partition coefficient (Wildman–Crippen LogP) is 2.48. The molecule has 0 unspecified atom stereocenters. The van der Waals surface area contributed by atoms with E-state index in [1.807, 2.05) is 37.3 Å². The average Bonchev–Trinajstić information content (AvgIpc) is 3.35. The van der Waals surface area contributed by atoms with E-state index < -0.39 is 5.41 Å². The quantitative estimate of drug-likeness (QED) is 0.833. The fourth-order valence-electron chi connectivity index (χ4n) is 2.54. The van der Waals surface area contributed by atoms with Crippen LogP contribution in [0.4, 0.5) is 5.69 Å². The Balaban J connectivity index is 1.80. The van der Waals surface area contributed by atoms with Gasteiger partial charge in [0.15, 0.2) is 0 Å². The van der Waals surface area contributed by atoms with Crippen molar-refractivity contribution in [1.29, 1.82) is 0 Å². The Morgan fingerprint density at radius 2 is 1.95 bits per heavy atom. The molecule has 2 aromatic rings. The third kappa shape index (κ3) is 2.54. The molecule has 0 saturated heterocycles. The van der Waals surface area contributed by atoms with Gasteiger partial charge in [-0.1, -0.05) is 25.1 Å². The van der Waals surface area contributed by atoms with Gasteiger partial charge in [-0.15, -0.1) is 0 Å². The summed E-state index contributed by atoms with van der Waals surface area (Å²) in [7, 11) is 0. The Labute approximate surface area is 129 Å². The molecule has 2 N–H and O–H groups in total. The van der Waals surface area contributed by atoms with Crippen molar-refractivity contribution in [2.45, 2.75) is 26.2 Å². The number of amides is 2. The van der Waals surface area contributed by atoms with Gasteiger partial charge in [0.2, 0.25) is 11.8 Å². The topological polar surface area (TPSA) is 71.1 Å². The third-order valence-electron chi connectivity index (χ3n) is 4.04. The summed E-state index contributed by atoms with van der Waals surface area (Å²) in [6.07, 6.45) is 3.76. The summed E-state index contributed by atoms with van der Waals surface area (Å²) in [5.41, 5.74) is 0.493. The zero-order valence-corrected chi connectivity index (χ0v) is 12.6. The van der Waals surface area contributed by atoms with Gasteiger partial charge >= 0.3 is 0 Å². The molecular formula is C17H19N3O2. The molecule has 1 aliphatic rings. The molecule has 1 aromatic heterocycles. The first kappa shape index (κ1) is 14.5. The maximum Gasteiger partial charge on any atom is 0.240 e. The van der Waals surface area contributed by atoms with Crippen molar-refractivity contribution in [1.82, 2.24) is 10.3 Å². The number of carbonyl (C=O) groups excluding carboxylic acids is 2. The van der Waals surface area contributed by atoms with E-state index in [9.17, 15) is 9.59 Å². The van der Waals surface area contributed by atoms with Crippen molar-refractivity contribution in [2.24, 2.45) is 5.41 Å². The number of pyridine rings is 1. The van der Waals surface area contributed by atoms with Crippen molar-refractivity contribution < 1.29 is 9.59 Å². The van der Waals surface area contributed by atoms with Crippen LogP contribution in [0.15, 0.2) is 36.5 Å². The first-order chi connectivity index (χ1) is 10.7. The Kier molecular flexibility index (Phi) is 3.79. The van der Waals surface area contributed by atoms with E-state index in [0.29, 0.717) is 25.1 Å². The molecule has 0 radical (unpaired) electrons. The lowest BCUT2D eigenvalue weighted by molar-refractivity contribution is -0.134. The van der Waals surface area contributed by atoms with Gasteiger partial charge in [-0.3, -0.25) is 14.6 Å². The second kappa shape index (κ2) is 5.75. The molecule has 3 rings (SSSR count). The highest BCUT2D eigenvalue weighted by Gasteiger charge is 2.56. The Morgan fingerprint density at radius 3 is 2.68 bits per heavy atom. The zero-order chi connectivity index (χ0) is 15.6. The molecule has 0 spiro atoms. The van der Waals surface area contributed by atoms with Gasteiger partial charge in [-0.25, -0.2) is 0 Å². The number of anilines is 1. The first-order valence-corrected chi connectivity index (χ1v) is 7.61.